The molecule has 1 aromatic heterocycles. The van der Waals surface area contributed by atoms with Crippen molar-refractivity contribution in [3.05, 3.63) is 56.2 Å². The van der Waals surface area contributed by atoms with E-state index in [4.69, 9.17) is 0 Å². The molecule has 0 spiro atoms. The van der Waals surface area contributed by atoms with Gasteiger partial charge in [-0.2, -0.15) is 0 Å². The number of benzene rings is 1. The molecule has 0 bridgehead atoms. The second-order valence-corrected chi connectivity index (χ2v) is 7.24. The van der Waals surface area contributed by atoms with E-state index in [1.807, 2.05) is 23.3 Å². The van der Waals surface area contributed by atoms with Crippen molar-refractivity contribution >= 4 is 33.2 Å². The van der Waals surface area contributed by atoms with Crippen molar-refractivity contribution in [1.82, 2.24) is 9.80 Å². The average Bonchev–Trinajstić information content (AvgIpc) is 2.91. The molecule has 1 aromatic carbocycles. The fraction of sp³-hybridized carbons (Fsp3) is 0.353. The summed E-state index contributed by atoms with van der Waals surface area (Å²) in [5, 5.41) is 1.93. The standard InChI is InChI=1S/C17H21BrN2OS/c1-4-20(17(21)16-15(18)9-10-22-16)12-14-7-5-13(6-8-14)11-19(2)3/h5-10H,4,11-12H2,1-3H3. The van der Waals surface area contributed by atoms with Gasteiger partial charge in [0.2, 0.25) is 0 Å². The maximum Gasteiger partial charge on any atom is 0.265 e. The lowest BCUT2D eigenvalue weighted by Gasteiger charge is -2.21. The summed E-state index contributed by atoms with van der Waals surface area (Å²) in [6.07, 6.45) is 0. The summed E-state index contributed by atoms with van der Waals surface area (Å²) >= 11 is 4.92. The lowest BCUT2D eigenvalue weighted by Crippen LogP contribution is -2.29. The van der Waals surface area contributed by atoms with Crippen molar-refractivity contribution in [3.63, 3.8) is 0 Å². The highest BCUT2D eigenvalue weighted by Crippen LogP contribution is 2.24. The van der Waals surface area contributed by atoms with Gasteiger partial charge < -0.3 is 9.80 Å². The van der Waals surface area contributed by atoms with Crippen molar-refractivity contribution < 1.29 is 4.79 Å². The third-order valence-electron chi connectivity index (χ3n) is 3.38. The van der Waals surface area contributed by atoms with Gasteiger partial charge in [-0.15, -0.1) is 11.3 Å². The number of amides is 1. The molecule has 0 aliphatic carbocycles. The fourth-order valence-corrected chi connectivity index (χ4v) is 3.76. The molecule has 0 aliphatic heterocycles. The first-order chi connectivity index (χ1) is 10.5. The molecule has 2 rings (SSSR count). The van der Waals surface area contributed by atoms with E-state index in [-0.39, 0.29) is 5.91 Å². The van der Waals surface area contributed by atoms with Gasteiger partial charge in [-0.3, -0.25) is 4.79 Å². The van der Waals surface area contributed by atoms with Crippen LogP contribution in [0.15, 0.2) is 40.2 Å². The van der Waals surface area contributed by atoms with E-state index in [0.717, 1.165) is 21.5 Å². The van der Waals surface area contributed by atoms with Gasteiger partial charge >= 0.3 is 0 Å². The first kappa shape index (κ1) is 17.2. The number of nitrogens with zero attached hydrogens (tertiary/aromatic N) is 2. The zero-order chi connectivity index (χ0) is 16.1. The highest BCUT2D eigenvalue weighted by atomic mass is 79.9. The van der Waals surface area contributed by atoms with E-state index in [0.29, 0.717) is 13.1 Å². The Bertz CT molecular complexity index is 622. The molecule has 0 fully saturated rings. The number of carbonyl (C=O) groups is 1. The van der Waals surface area contributed by atoms with Gasteiger partial charge in [0.25, 0.3) is 5.91 Å². The van der Waals surface area contributed by atoms with E-state index in [2.05, 4.69) is 59.2 Å². The molecular weight excluding hydrogens is 360 g/mol. The highest BCUT2D eigenvalue weighted by molar-refractivity contribution is 9.10. The van der Waals surface area contributed by atoms with Gasteiger partial charge in [0.15, 0.2) is 0 Å². The smallest absolute Gasteiger partial charge is 0.265 e. The van der Waals surface area contributed by atoms with Gasteiger partial charge in [0, 0.05) is 24.1 Å². The van der Waals surface area contributed by atoms with Crippen LogP contribution in [0.25, 0.3) is 0 Å². The van der Waals surface area contributed by atoms with Crippen LogP contribution in [0.1, 0.15) is 27.7 Å². The molecule has 22 heavy (non-hydrogen) atoms. The summed E-state index contributed by atoms with van der Waals surface area (Å²) in [6.45, 7) is 4.28. The van der Waals surface area contributed by atoms with Crippen LogP contribution < -0.4 is 0 Å². The fourth-order valence-electron chi connectivity index (χ4n) is 2.25. The molecule has 2 aromatic rings. The number of hydrogen-bond acceptors (Lipinski definition) is 3. The summed E-state index contributed by atoms with van der Waals surface area (Å²) in [4.78, 5) is 17.4. The van der Waals surface area contributed by atoms with Crippen LogP contribution in [-0.2, 0) is 13.1 Å². The van der Waals surface area contributed by atoms with Crippen LogP contribution in [0, 0.1) is 0 Å². The van der Waals surface area contributed by atoms with Gasteiger partial charge in [-0.25, -0.2) is 0 Å². The largest absolute Gasteiger partial charge is 0.334 e. The number of halogens is 1. The van der Waals surface area contributed by atoms with E-state index < -0.39 is 0 Å². The second-order valence-electron chi connectivity index (χ2n) is 5.47. The molecule has 3 nitrogen and oxygen atoms in total. The molecular formula is C17H21BrN2OS. The van der Waals surface area contributed by atoms with Gasteiger partial charge in [-0.1, -0.05) is 24.3 Å². The summed E-state index contributed by atoms with van der Waals surface area (Å²) in [6, 6.07) is 10.4. The molecule has 5 heteroatoms. The maximum absolute atomic E-state index is 12.6. The van der Waals surface area contributed by atoms with Crippen molar-refractivity contribution in [2.24, 2.45) is 0 Å². The Morgan fingerprint density at radius 2 is 1.68 bits per heavy atom. The van der Waals surface area contributed by atoms with Crippen molar-refractivity contribution in [2.75, 3.05) is 20.6 Å². The van der Waals surface area contributed by atoms with Gasteiger partial charge in [0.05, 0.1) is 0 Å². The number of rotatable bonds is 6. The first-order valence-corrected chi connectivity index (χ1v) is 8.93. The summed E-state index contributed by atoms with van der Waals surface area (Å²) in [7, 11) is 4.12. The molecule has 0 saturated carbocycles. The minimum atomic E-state index is 0.0849. The Morgan fingerprint density at radius 3 is 2.14 bits per heavy atom. The molecule has 1 heterocycles. The number of thiophene rings is 1. The topological polar surface area (TPSA) is 23.6 Å². The zero-order valence-corrected chi connectivity index (χ0v) is 15.6. The first-order valence-electron chi connectivity index (χ1n) is 7.26. The average molecular weight is 381 g/mol. The van der Waals surface area contributed by atoms with E-state index >= 15 is 0 Å². The van der Waals surface area contributed by atoms with Crippen molar-refractivity contribution in [2.45, 2.75) is 20.0 Å². The zero-order valence-electron chi connectivity index (χ0n) is 13.2. The van der Waals surface area contributed by atoms with Crippen molar-refractivity contribution in [1.29, 1.82) is 0 Å². The number of hydrogen-bond donors (Lipinski definition) is 0. The van der Waals surface area contributed by atoms with Crippen LogP contribution in [0.2, 0.25) is 0 Å². The van der Waals surface area contributed by atoms with Gasteiger partial charge in [-0.05, 0) is 59.5 Å². The molecule has 0 aliphatic rings. The SMILES string of the molecule is CCN(Cc1ccc(CN(C)C)cc1)C(=O)c1sccc1Br. The lowest BCUT2D eigenvalue weighted by atomic mass is 10.1. The van der Waals surface area contributed by atoms with E-state index in [1.54, 1.807) is 0 Å². The molecule has 1 amide bonds. The molecule has 0 radical (unpaired) electrons. The quantitative estimate of drug-likeness (QED) is 0.748. The molecule has 118 valence electrons. The Balaban J connectivity index is 2.07. The Labute approximate surface area is 144 Å². The number of carbonyl (C=O) groups excluding carboxylic acids is 1. The summed E-state index contributed by atoms with van der Waals surface area (Å²) in [5.41, 5.74) is 2.44. The van der Waals surface area contributed by atoms with Gasteiger partial charge in [0.1, 0.15) is 4.88 Å². The minimum Gasteiger partial charge on any atom is -0.334 e. The monoisotopic (exact) mass is 380 g/mol. The van der Waals surface area contributed by atoms with Crippen LogP contribution in [0.3, 0.4) is 0 Å². The predicted molar refractivity (Wildman–Crippen MR) is 96.3 cm³/mol. The van der Waals surface area contributed by atoms with E-state index in [1.165, 1.54) is 16.9 Å². The van der Waals surface area contributed by atoms with Crippen LogP contribution >= 0.6 is 27.3 Å². The van der Waals surface area contributed by atoms with E-state index in [9.17, 15) is 4.79 Å². The normalized spacial score (nSPS) is 11.0. The Kier molecular flexibility index (Phi) is 6.17. The molecule has 0 unspecified atom stereocenters. The Morgan fingerprint density at radius 1 is 1.09 bits per heavy atom. The maximum atomic E-state index is 12.6. The predicted octanol–water partition coefficient (Wildman–Crippen LogP) is 4.23. The molecule has 0 N–H and O–H groups in total. The van der Waals surface area contributed by atoms with Crippen molar-refractivity contribution in [3.8, 4) is 0 Å². The lowest BCUT2D eigenvalue weighted by molar-refractivity contribution is 0.0756. The third-order valence-corrected chi connectivity index (χ3v) is 5.20. The molecule has 0 atom stereocenters. The van der Waals surface area contributed by atoms with Crippen LogP contribution in [0.5, 0.6) is 0 Å². The van der Waals surface area contributed by atoms with Crippen LogP contribution in [-0.4, -0.2) is 36.3 Å². The second kappa shape index (κ2) is 7.90. The summed E-state index contributed by atoms with van der Waals surface area (Å²) < 4.78 is 0.877. The summed E-state index contributed by atoms with van der Waals surface area (Å²) in [5.74, 6) is 0.0849. The van der Waals surface area contributed by atoms with Crippen LogP contribution in [0.4, 0.5) is 0 Å². The third kappa shape index (κ3) is 4.41. The minimum absolute atomic E-state index is 0.0849. The Hall–Kier alpha value is -1.17. The molecule has 0 saturated heterocycles. The highest BCUT2D eigenvalue weighted by Gasteiger charge is 2.18.